The zero-order valence-corrected chi connectivity index (χ0v) is 7.86. The third kappa shape index (κ3) is 3.02. The molecule has 0 fully saturated rings. The van der Waals surface area contributed by atoms with Gasteiger partial charge in [0.2, 0.25) is 0 Å². The summed E-state index contributed by atoms with van der Waals surface area (Å²) in [6.45, 7) is -0.144. The van der Waals surface area contributed by atoms with Crippen LogP contribution in [0.1, 0.15) is 10.4 Å². The molecule has 0 amide bonds. The van der Waals surface area contributed by atoms with Crippen LogP contribution in [0.4, 0.5) is 0 Å². The summed E-state index contributed by atoms with van der Waals surface area (Å²) in [5.74, 6) is -1.07. The van der Waals surface area contributed by atoms with Crippen molar-refractivity contribution in [2.75, 3.05) is 13.1 Å². The molecule has 0 aromatic carbocycles. The predicted molar refractivity (Wildman–Crippen MR) is 50.2 cm³/mol. The Balaban J connectivity index is 2.39. The van der Waals surface area contributed by atoms with Gasteiger partial charge >= 0.3 is 5.97 Å². The van der Waals surface area contributed by atoms with Crippen LogP contribution in [0.3, 0.4) is 0 Å². The van der Waals surface area contributed by atoms with Crippen LogP contribution < -0.4 is 5.32 Å². The summed E-state index contributed by atoms with van der Waals surface area (Å²) in [4.78, 5) is 21.5. The Morgan fingerprint density at radius 3 is 2.71 bits per heavy atom. The zero-order valence-electron chi connectivity index (χ0n) is 7.86. The van der Waals surface area contributed by atoms with Gasteiger partial charge in [0, 0.05) is 25.0 Å². The molecule has 0 aliphatic rings. The van der Waals surface area contributed by atoms with E-state index in [1.807, 2.05) is 7.05 Å². The number of carbonyl (C=O) groups excluding carboxylic acids is 1. The highest BCUT2D eigenvalue weighted by Crippen LogP contribution is 1.99. The molecule has 76 valence electrons. The molecule has 1 aromatic rings. The first kappa shape index (κ1) is 10.5. The summed E-state index contributed by atoms with van der Waals surface area (Å²) in [5.41, 5.74) is 0.588. The van der Waals surface area contributed by atoms with E-state index in [2.05, 4.69) is 5.32 Å². The number of carboxylic acid groups (broad SMARTS) is 1. The number of nitrogens with zero attached hydrogens (tertiary/aromatic N) is 1. The molecule has 0 aliphatic carbocycles. The van der Waals surface area contributed by atoms with Crippen molar-refractivity contribution < 1.29 is 14.7 Å². The molecule has 5 heteroatoms. The van der Waals surface area contributed by atoms with Gasteiger partial charge in [-0.2, -0.15) is 0 Å². The van der Waals surface area contributed by atoms with Gasteiger partial charge in [0.15, 0.2) is 5.78 Å². The summed E-state index contributed by atoms with van der Waals surface area (Å²) >= 11 is 0. The number of aromatic nitrogens is 1. The lowest BCUT2D eigenvalue weighted by Crippen LogP contribution is -2.28. The topological polar surface area (TPSA) is 71.3 Å². The zero-order chi connectivity index (χ0) is 10.6. The number of carboxylic acids is 1. The van der Waals surface area contributed by atoms with E-state index >= 15 is 0 Å². The van der Waals surface area contributed by atoms with Crippen molar-refractivity contribution in [2.24, 2.45) is 7.05 Å². The van der Waals surface area contributed by atoms with Crippen molar-refractivity contribution in [1.29, 1.82) is 0 Å². The van der Waals surface area contributed by atoms with E-state index in [0.717, 1.165) is 0 Å². The minimum absolute atomic E-state index is 0.0519. The van der Waals surface area contributed by atoms with E-state index in [-0.39, 0.29) is 18.9 Å². The number of rotatable bonds is 5. The van der Waals surface area contributed by atoms with Crippen LogP contribution in [0.15, 0.2) is 18.5 Å². The fraction of sp³-hybridized carbons (Fsp3) is 0.333. The molecule has 5 nitrogen and oxygen atoms in total. The number of carbonyl (C=O) groups is 2. The molecule has 2 N–H and O–H groups in total. The number of nitrogens with one attached hydrogen (secondary N) is 1. The molecule has 0 saturated carbocycles. The van der Waals surface area contributed by atoms with Crippen molar-refractivity contribution in [3.63, 3.8) is 0 Å². The van der Waals surface area contributed by atoms with Crippen LogP contribution >= 0.6 is 0 Å². The van der Waals surface area contributed by atoms with Gasteiger partial charge in [-0.15, -0.1) is 0 Å². The summed E-state index contributed by atoms with van der Waals surface area (Å²) in [6.07, 6.45) is 3.47. The van der Waals surface area contributed by atoms with Gasteiger partial charge in [-0.05, 0) is 6.07 Å². The van der Waals surface area contributed by atoms with Crippen LogP contribution in [-0.2, 0) is 11.8 Å². The minimum Gasteiger partial charge on any atom is -0.480 e. The van der Waals surface area contributed by atoms with Gasteiger partial charge in [-0.25, -0.2) is 0 Å². The summed E-state index contributed by atoms with van der Waals surface area (Å²) in [7, 11) is 1.82. The largest absolute Gasteiger partial charge is 0.480 e. The van der Waals surface area contributed by atoms with E-state index < -0.39 is 5.97 Å². The maximum Gasteiger partial charge on any atom is 0.317 e. The summed E-state index contributed by atoms with van der Waals surface area (Å²) in [5, 5.41) is 10.9. The van der Waals surface area contributed by atoms with Crippen molar-refractivity contribution >= 4 is 11.8 Å². The molecule has 0 aliphatic heterocycles. The van der Waals surface area contributed by atoms with Gasteiger partial charge in [0.25, 0.3) is 0 Å². The van der Waals surface area contributed by atoms with Gasteiger partial charge in [0.05, 0.1) is 13.1 Å². The minimum atomic E-state index is -0.967. The van der Waals surface area contributed by atoms with Crippen molar-refractivity contribution in [2.45, 2.75) is 0 Å². The lowest BCUT2D eigenvalue weighted by atomic mass is 10.2. The van der Waals surface area contributed by atoms with Crippen molar-refractivity contribution in [3.8, 4) is 0 Å². The quantitative estimate of drug-likeness (QED) is 0.644. The van der Waals surface area contributed by atoms with E-state index in [1.54, 1.807) is 23.0 Å². The maximum atomic E-state index is 11.4. The summed E-state index contributed by atoms with van der Waals surface area (Å²) < 4.78 is 1.77. The van der Waals surface area contributed by atoms with E-state index in [4.69, 9.17) is 5.11 Å². The third-order valence-electron chi connectivity index (χ3n) is 1.72. The highest BCUT2D eigenvalue weighted by molar-refractivity contribution is 5.97. The molecule has 0 atom stereocenters. The standard InChI is InChI=1S/C9H12N2O3/c1-11-3-2-7(6-11)8(12)4-10-5-9(13)14/h2-3,6,10H,4-5H2,1H3,(H,13,14). The SMILES string of the molecule is Cn1ccc(C(=O)CNCC(=O)O)c1. The molecule has 1 heterocycles. The number of hydrogen-bond donors (Lipinski definition) is 2. The van der Waals surface area contributed by atoms with E-state index in [9.17, 15) is 9.59 Å². The fourth-order valence-corrected chi connectivity index (χ4v) is 1.05. The van der Waals surface area contributed by atoms with Crippen LogP contribution in [0.25, 0.3) is 0 Å². The first-order chi connectivity index (χ1) is 6.59. The van der Waals surface area contributed by atoms with Crippen LogP contribution in [-0.4, -0.2) is 34.5 Å². The Morgan fingerprint density at radius 1 is 1.50 bits per heavy atom. The Hall–Kier alpha value is -1.62. The van der Waals surface area contributed by atoms with Crippen molar-refractivity contribution in [1.82, 2.24) is 9.88 Å². The van der Waals surface area contributed by atoms with Gasteiger partial charge in [-0.1, -0.05) is 0 Å². The highest BCUT2D eigenvalue weighted by atomic mass is 16.4. The Morgan fingerprint density at radius 2 is 2.21 bits per heavy atom. The molecule has 0 spiro atoms. The Kier molecular flexibility index (Phi) is 3.41. The second kappa shape index (κ2) is 4.57. The average Bonchev–Trinajstić information content (AvgIpc) is 2.51. The second-order valence-electron chi connectivity index (χ2n) is 2.99. The lowest BCUT2D eigenvalue weighted by molar-refractivity contribution is -0.135. The normalized spacial score (nSPS) is 10.1. The molecule has 0 saturated heterocycles. The molecule has 0 bridgehead atoms. The van der Waals surface area contributed by atoms with Gasteiger partial charge < -0.3 is 9.67 Å². The first-order valence-corrected chi connectivity index (χ1v) is 4.17. The predicted octanol–water partition coefficient (Wildman–Crippen LogP) is -0.118. The van der Waals surface area contributed by atoms with Crippen molar-refractivity contribution in [3.05, 3.63) is 24.0 Å². The molecule has 1 aromatic heterocycles. The van der Waals surface area contributed by atoms with Crippen LogP contribution in [0.2, 0.25) is 0 Å². The number of Topliss-reactive ketones (excluding diaryl/α,β-unsaturated/α-hetero) is 1. The van der Waals surface area contributed by atoms with Gasteiger partial charge in [0.1, 0.15) is 0 Å². The molecule has 1 rings (SSSR count). The third-order valence-corrected chi connectivity index (χ3v) is 1.72. The van der Waals surface area contributed by atoms with Crippen LogP contribution in [0, 0.1) is 0 Å². The highest BCUT2D eigenvalue weighted by Gasteiger charge is 2.06. The number of hydrogen-bond acceptors (Lipinski definition) is 3. The van der Waals surface area contributed by atoms with E-state index in [0.29, 0.717) is 5.56 Å². The first-order valence-electron chi connectivity index (χ1n) is 4.17. The van der Waals surface area contributed by atoms with E-state index in [1.165, 1.54) is 0 Å². The Labute approximate surface area is 81.3 Å². The molecule has 14 heavy (non-hydrogen) atoms. The molecular weight excluding hydrogens is 184 g/mol. The van der Waals surface area contributed by atoms with Crippen LogP contribution in [0.5, 0.6) is 0 Å². The lowest BCUT2D eigenvalue weighted by Gasteiger charge is -1.98. The molecule has 0 radical (unpaired) electrons. The maximum absolute atomic E-state index is 11.4. The fourth-order valence-electron chi connectivity index (χ4n) is 1.05. The van der Waals surface area contributed by atoms with Gasteiger partial charge in [-0.3, -0.25) is 14.9 Å². The second-order valence-corrected chi connectivity index (χ2v) is 2.99. The summed E-state index contributed by atoms with van der Waals surface area (Å²) in [6, 6.07) is 1.70. The number of aryl methyl sites for hydroxylation is 1. The molecular formula is C9H12N2O3. The Bertz CT molecular complexity index is 344. The average molecular weight is 196 g/mol. The number of ketones is 1. The molecule has 0 unspecified atom stereocenters. The smallest absolute Gasteiger partial charge is 0.317 e. The monoisotopic (exact) mass is 196 g/mol. The number of aliphatic carboxylic acids is 1.